The average molecular weight is 253 g/mol. The molecular formula is C13H13ClOS. The second kappa shape index (κ2) is 4.58. The van der Waals surface area contributed by atoms with Crippen LogP contribution in [0.15, 0.2) is 29.0 Å². The third-order valence-electron chi connectivity index (χ3n) is 2.77. The molecule has 3 heteroatoms. The van der Waals surface area contributed by atoms with Crippen LogP contribution in [0.3, 0.4) is 0 Å². The molecule has 1 aromatic carbocycles. The number of aliphatic hydroxyl groups is 1. The molecule has 1 aromatic heterocycles. The van der Waals surface area contributed by atoms with Crippen molar-refractivity contribution in [3.05, 3.63) is 56.2 Å². The third-order valence-corrected chi connectivity index (χ3v) is 3.80. The van der Waals surface area contributed by atoms with E-state index >= 15 is 0 Å². The van der Waals surface area contributed by atoms with Gasteiger partial charge in [-0.2, -0.15) is 11.3 Å². The molecule has 0 fully saturated rings. The second-order valence-corrected chi connectivity index (χ2v) is 5.10. The van der Waals surface area contributed by atoms with Crippen LogP contribution in [-0.4, -0.2) is 5.11 Å². The first kappa shape index (κ1) is 11.6. The van der Waals surface area contributed by atoms with Crippen molar-refractivity contribution in [3.8, 4) is 0 Å². The number of benzene rings is 1. The van der Waals surface area contributed by atoms with E-state index in [-0.39, 0.29) is 0 Å². The van der Waals surface area contributed by atoms with Crippen LogP contribution < -0.4 is 0 Å². The molecule has 0 saturated carbocycles. The molecule has 16 heavy (non-hydrogen) atoms. The maximum Gasteiger partial charge on any atom is 0.106 e. The highest BCUT2D eigenvalue weighted by molar-refractivity contribution is 7.08. The highest BCUT2D eigenvalue weighted by atomic mass is 35.5. The zero-order valence-electron chi connectivity index (χ0n) is 9.20. The highest BCUT2D eigenvalue weighted by Gasteiger charge is 2.15. The molecule has 1 N–H and O–H groups in total. The van der Waals surface area contributed by atoms with Crippen molar-refractivity contribution in [3.63, 3.8) is 0 Å². The molecule has 0 radical (unpaired) electrons. The minimum atomic E-state index is -0.627. The third kappa shape index (κ3) is 2.14. The Hall–Kier alpha value is -0.830. The molecule has 1 unspecified atom stereocenters. The monoisotopic (exact) mass is 252 g/mol. The van der Waals surface area contributed by atoms with Gasteiger partial charge in [0.2, 0.25) is 0 Å². The van der Waals surface area contributed by atoms with Crippen LogP contribution in [0.4, 0.5) is 0 Å². The molecular weight excluding hydrogens is 240 g/mol. The van der Waals surface area contributed by atoms with E-state index in [1.807, 2.05) is 42.8 Å². The lowest BCUT2D eigenvalue weighted by Gasteiger charge is -2.13. The summed E-state index contributed by atoms with van der Waals surface area (Å²) in [7, 11) is 0. The lowest BCUT2D eigenvalue weighted by Crippen LogP contribution is -2.00. The van der Waals surface area contributed by atoms with E-state index in [0.717, 1.165) is 22.3 Å². The topological polar surface area (TPSA) is 20.2 Å². The smallest absolute Gasteiger partial charge is 0.106 e. The van der Waals surface area contributed by atoms with Crippen molar-refractivity contribution in [1.82, 2.24) is 0 Å². The highest BCUT2D eigenvalue weighted by Crippen LogP contribution is 2.31. The van der Waals surface area contributed by atoms with Gasteiger partial charge in [0, 0.05) is 10.6 Å². The number of aliphatic hydroxyl groups excluding tert-OH is 1. The van der Waals surface area contributed by atoms with Crippen molar-refractivity contribution in [2.24, 2.45) is 0 Å². The van der Waals surface area contributed by atoms with Gasteiger partial charge in [0.25, 0.3) is 0 Å². The van der Waals surface area contributed by atoms with Crippen molar-refractivity contribution < 1.29 is 5.11 Å². The molecule has 0 saturated heterocycles. The predicted molar refractivity (Wildman–Crippen MR) is 69.3 cm³/mol. The zero-order chi connectivity index (χ0) is 11.7. The van der Waals surface area contributed by atoms with E-state index in [0.29, 0.717) is 5.02 Å². The first-order valence-corrected chi connectivity index (χ1v) is 6.38. The van der Waals surface area contributed by atoms with Gasteiger partial charge in [-0.05, 0) is 53.4 Å². The van der Waals surface area contributed by atoms with Gasteiger partial charge >= 0.3 is 0 Å². The summed E-state index contributed by atoms with van der Waals surface area (Å²) in [6, 6.07) is 5.78. The molecule has 1 heterocycles. The molecule has 84 valence electrons. The van der Waals surface area contributed by atoms with Gasteiger partial charge < -0.3 is 5.11 Å². The summed E-state index contributed by atoms with van der Waals surface area (Å²) in [6.07, 6.45) is -0.627. The maximum atomic E-state index is 10.2. The number of thiophene rings is 1. The number of rotatable bonds is 2. The zero-order valence-corrected chi connectivity index (χ0v) is 10.8. The lowest BCUT2D eigenvalue weighted by atomic mass is 9.99. The average Bonchev–Trinajstić information content (AvgIpc) is 2.75. The van der Waals surface area contributed by atoms with Gasteiger partial charge in [-0.1, -0.05) is 17.7 Å². The number of hydrogen-bond acceptors (Lipinski definition) is 2. The Morgan fingerprint density at radius 3 is 2.56 bits per heavy atom. The van der Waals surface area contributed by atoms with Gasteiger partial charge in [0.15, 0.2) is 0 Å². The van der Waals surface area contributed by atoms with Crippen LogP contribution in [0.5, 0.6) is 0 Å². The number of halogens is 1. The number of aryl methyl sites for hydroxylation is 2. The van der Waals surface area contributed by atoms with E-state index in [1.165, 1.54) is 0 Å². The van der Waals surface area contributed by atoms with Crippen LogP contribution in [0.2, 0.25) is 5.02 Å². The van der Waals surface area contributed by atoms with Crippen LogP contribution in [0.25, 0.3) is 0 Å². The predicted octanol–water partition coefficient (Wildman–Crippen LogP) is 4.10. The summed E-state index contributed by atoms with van der Waals surface area (Å²) in [5, 5.41) is 14.7. The number of hydrogen-bond donors (Lipinski definition) is 1. The van der Waals surface area contributed by atoms with E-state index in [1.54, 1.807) is 11.3 Å². The summed E-state index contributed by atoms with van der Waals surface area (Å²) in [5.41, 5.74) is 3.97. The summed E-state index contributed by atoms with van der Waals surface area (Å²) in [4.78, 5) is 0. The van der Waals surface area contributed by atoms with Crippen molar-refractivity contribution >= 4 is 22.9 Å². The normalized spacial score (nSPS) is 12.8. The van der Waals surface area contributed by atoms with Crippen molar-refractivity contribution in [1.29, 1.82) is 0 Å². The minimum Gasteiger partial charge on any atom is -0.384 e. The second-order valence-electron chi connectivity index (χ2n) is 3.92. The van der Waals surface area contributed by atoms with Crippen molar-refractivity contribution in [2.45, 2.75) is 20.0 Å². The molecule has 0 aliphatic carbocycles. The quantitative estimate of drug-likeness (QED) is 0.853. The Kier molecular flexibility index (Phi) is 3.33. The van der Waals surface area contributed by atoms with Gasteiger partial charge in [0.05, 0.1) is 0 Å². The maximum absolute atomic E-state index is 10.2. The lowest BCUT2D eigenvalue weighted by molar-refractivity contribution is 0.221. The molecule has 2 rings (SSSR count). The van der Waals surface area contributed by atoms with Gasteiger partial charge in [-0.3, -0.25) is 0 Å². The van der Waals surface area contributed by atoms with Crippen LogP contribution in [0, 0.1) is 13.8 Å². The summed E-state index contributed by atoms with van der Waals surface area (Å²) >= 11 is 7.73. The fourth-order valence-corrected chi connectivity index (χ4v) is 2.62. The summed E-state index contributed by atoms with van der Waals surface area (Å²) in [6.45, 7) is 4.04. The Balaban J connectivity index is 2.44. The van der Waals surface area contributed by atoms with Crippen LogP contribution in [0.1, 0.15) is 28.4 Å². The molecule has 0 amide bonds. The largest absolute Gasteiger partial charge is 0.384 e. The Labute approximate surface area is 104 Å². The molecule has 1 nitrogen and oxygen atoms in total. The van der Waals surface area contributed by atoms with E-state index < -0.39 is 6.10 Å². The van der Waals surface area contributed by atoms with Gasteiger partial charge in [-0.15, -0.1) is 0 Å². The summed E-state index contributed by atoms with van der Waals surface area (Å²) < 4.78 is 0. The van der Waals surface area contributed by atoms with Crippen LogP contribution in [-0.2, 0) is 0 Å². The van der Waals surface area contributed by atoms with Gasteiger partial charge in [0.1, 0.15) is 6.10 Å². The molecule has 0 spiro atoms. The molecule has 0 aliphatic rings. The van der Waals surface area contributed by atoms with E-state index in [9.17, 15) is 5.11 Å². The summed E-state index contributed by atoms with van der Waals surface area (Å²) in [5.74, 6) is 0. The van der Waals surface area contributed by atoms with Gasteiger partial charge in [-0.25, -0.2) is 0 Å². The Bertz CT molecular complexity index is 491. The molecule has 1 atom stereocenters. The Morgan fingerprint density at radius 2 is 1.94 bits per heavy atom. The fraction of sp³-hybridized carbons (Fsp3) is 0.231. The van der Waals surface area contributed by atoms with E-state index in [2.05, 4.69) is 0 Å². The van der Waals surface area contributed by atoms with E-state index in [4.69, 9.17) is 11.6 Å². The van der Waals surface area contributed by atoms with Crippen molar-refractivity contribution in [2.75, 3.05) is 0 Å². The molecule has 2 aromatic rings. The molecule has 0 bridgehead atoms. The Morgan fingerprint density at radius 1 is 1.25 bits per heavy atom. The standard InChI is InChI=1S/C13H13ClOS/c1-8-5-11(12(14)6-9(8)2)13(15)10-3-4-16-7-10/h3-7,13,15H,1-2H3. The fourth-order valence-electron chi connectivity index (χ4n) is 1.62. The van der Waals surface area contributed by atoms with Crippen LogP contribution >= 0.6 is 22.9 Å². The molecule has 0 aliphatic heterocycles. The first-order chi connectivity index (χ1) is 7.59. The minimum absolute atomic E-state index is 0.627. The first-order valence-electron chi connectivity index (χ1n) is 5.06. The SMILES string of the molecule is Cc1cc(Cl)c(C(O)c2ccsc2)cc1C.